The molecule has 0 radical (unpaired) electrons. The van der Waals surface area contributed by atoms with Crippen LogP contribution in [0.5, 0.6) is 0 Å². The molecule has 34 heavy (non-hydrogen) atoms. The summed E-state index contributed by atoms with van der Waals surface area (Å²) in [6.07, 6.45) is 3.93. The van der Waals surface area contributed by atoms with Crippen molar-refractivity contribution >= 4 is 10.1 Å². The number of oxazole rings is 1. The standard InChI is InChI=1S/C20H22N2O4S.C6H15N/c1-14-5-6-18(13-15(14)2)19-16(3)21-20(26-19)17-7-10-22(11-8-17)9-4-12-27(23,24)25;1-4-7(5-2)6-3/h5-8,10-11,13H,4,9,12H2,1-3H3;4-6H2,1-3H3/p+1. The first-order chi connectivity index (χ1) is 16.1. The summed E-state index contributed by atoms with van der Waals surface area (Å²) in [6.45, 7) is 17.0. The minimum Gasteiger partial charge on any atom is -0.748 e. The lowest BCUT2D eigenvalue weighted by atomic mass is 10.0. The van der Waals surface area contributed by atoms with Crippen molar-refractivity contribution < 1.29 is 26.9 Å². The van der Waals surface area contributed by atoms with Gasteiger partial charge >= 0.3 is 0 Å². The van der Waals surface area contributed by atoms with Gasteiger partial charge in [0.25, 0.3) is 0 Å². The number of aromatic nitrogens is 2. The van der Waals surface area contributed by atoms with Gasteiger partial charge in [0.2, 0.25) is 5.89 Å². The van der Waals surface area contributed by atoms with Gasteiger partial charge in [0.15, 0.2) is 18.2 Å². The van der Waals surface area contributed by atoms with Crippen molar-refractivity contribution in [1.29, 1.82) is 0 Å². The summed E-state index contributed by atoms with van der Waals surface area (Å²) in [5.74, 6) is 0.931. The average Bonchev–Trinajstić information content (AvgIpc) is 3.18. The molecular weight excluding hydrogens is 450 g/mol. The van der Waals surface area contributed by atoms with E-state index in [-0.39, 0.29) is 12.2 Å². The Balaban J connectivity index is 0.000000509. The third-order valence-corrected chi connectivity index (χ3v) is 6.80. The first-order valence-corrected chi connectivity index (χ1v) is 13.5. The van der Waals surface area contributed by atoms with E-state index in [9.17, 15) is 13.0 Å². The van der Waals surface area contributed by atoms with Gasteiger partial charge in [0.05, 0.1) is 35.4 Å². The van der Waals surface area contributed by atoms with Crippen LogP contribution in [0, 0.1) is 20.8 Å². The second-order valence-corrected chi connectivity index (χ2v) is 10.0. The maximum atomic E-state index is 10.7. The normalized spacial score (nSPS) is 11.4. The predicted molar refractivity (Wildman–Crippen MR) is 134 cm³/mol. The first kappa shape index (κ1) is 27.7. The van der Waals surface area contributed by atoms with Gasteiger partial charge in [-0.3, -0.25) is 0 Å². The molecule has 0 aliphatic heterocycles. The molecular formula is C26H38N3O4S+. The van der Waals surface area contributed by atoms with Crippen molar-refractivity contribution in [3.63, 3.8) is 0 Å². The number of rotatable bonds is 9. The van der Waals surface area contributed by atoms with E-state index in [1.165, 1.54) is 30.8 Å². The number of hydrogen-bond donors (Lipinski definition) is 1. The van der Waals surface area contributed by atoms with Crippen LogP contribution in [0.4, 0.5) is 0 Å². The summed E-state index contributed by atoms with van der Waals surface area (Å²) in [4.78, 5) is 6.22. The van der Waals surface area contributed by atoms with Crippen molar-refractivity contribution in [2.75, 3.05) is 25.4 Å². The van der Waals surface area contributed by atoms with E-state index in [0.29, 0.717) is 12.4 Å². The van der Waals surface area contributed by atoms with Gasteiger partial charge in [-0.05, 0) is 58.7 Å². The number of nitrogens with one attached hydrogen (secondary N) is 1. The maximum absolute atomic E-state index is 10.7. The van der Waals surface area contributed by atoms with Gasteiger partial charge in [-0.15, -0.1) is 0 Å². The molecule has 0 bridgehead atoms. The Kier molecular flexibility index (Phi) is 10.4. The monoisotopic (exact) mass is 488 g/mol. The van der Waals surface area contributed by atoms with Crippen LogP contribution in [-0.4, -0.2) is 43.3 Å². The van der Waals surface area contributed by atoms with E-state index in [0.717, 1.165) is 22.6 Å². The average molecular weight is 489 g/mol. The lowest BCUT2D eigenvalue weighted by molar-refractivity contribution is -0.894. The Morgan fingerprint density at radius 1 is 0.941 bits per heavy atom. The summed E-state index contributed by atoms with van der Waals surface area (Å²) in [6, 6.07) is 9.92. The van der Waals surface area contributed by atoms with E-state index in [2.05, 4.69) is 51.7 Å². The molecule has 2 aromatic heterocycles. The van der Waals surface area contributed by atoms with Crippen molar-refractivity contribution in [2.45, 2.75) is 54.5 Å². The van der Waals surface area contributed by atoms with Crippen LogP contribution in [0.2, 0.25) is 0 Å². The number of aryl methyl sites for hydroxylation is 4. The lowest BCUT2D eigenvalue weighted by Gasteiger charge is -2.10. The maximum Gasteiger partial charge on any atom is 0.227 e. The zero-order chi connectivity index (χ0) is 25.3. The third kappa shape index (κ3) is 8.34. The quantitative estimate of drug-likeness (QED) is 0.369. The second-order valence-electron chi connectivity index (χ2n) is 8.48. The van der Waals surface area contributed by atoms with Crippen molar-refractivity contribution in [3.8, 4) is 22.8 Å². The summed E-state index contributed by atoms with van der Waals surface area (Å²) in [7, 11) is -4.17. The Morgan fingerprint density at radius 3 is 2.06 bits per heavy atom. The van der Waals surface area contributed by atoms with E-state index in [1.807, 2.05) is 42.1 Å². The molecule has 0 atom stereocenters. The van der Waals surface area contributed by atoms with Crippen molar-refractivity contribution in [1.82, 2.24) is 4.98 Å². The molecule has 0 spiro atoms. The highest BCUT2D eigenvalue weighted by molar-refractivity contribution is 7.85. The van der Waals surface area contributed by atoms with E-state index in [4.69, 9.17) is 4.42 Å². The lowest BCUT2D eigenvalue weighted by Crippen LogP contribution is -3.11. The number of quaternary nitrogens is 1. The minimum absolute atomic E-state index is 0.283. The van der Waals surface area contributed by atoms with Crippen molar-refractivity contribution in [3.05, 3.63) is 59.5 Å². The summed E-state index contributed by atoms with van der Waals surface area (Å²) < 4.78 is 39.8. The smallest absolute Gasteiger partial charge is 0.227 e. The molecule has 1 aromatic carbocycles. The van der Waals surface area contributed by atoms with Gasteiger partial charge in [-0.1, -0.05) is 12.1 Å². The fourth-order valence-corrected chi connectivity index (χ4v) is 4.08. The zero-order valence-corrected chi connectivity index (χ0v) is 22.0. The number of benzene rings is 1. The molecule has 3 rings (SSSR count). The largest absolute Gasteiger partial charge is 0.748 e. The van der Waals surface area contributed by atoms with E-state index in [1.54, 1.807) is 4.90 Å². The molecule has 0 aliphatic carbocycles. The van der Waals surface area contributed by atoms with Crippen LogP contribution in [-0.2, 0) is 16.7 Å². The van der Waals surface area contributed by atoms with Gasteiger partial charge in [-0.25, -0.2) is 18.0 Å². The second kappa shape index (κ2) is 12.8. The SMILES string of the molecule is CC[NH+](CC)CC.Cc1ccc(-c2oc(-c3cc[n+](CCCS(=O)(=O)[O-])cc3)nc2C)cc1C. The van der Waals surface area contributed by atoms with Gasteiger partial charge in [0.1, 0.15) is 6.54 Å². The van der Waals surface area contributed by atoms with Crippen LogP contribution >= 0.6 is 0 Å². The van der Waals surface area contributed by atoms with Crippen molar-refractivity contribution in [2.24, 2.45) is 0 Å². The number of hydrogen-bond acceptors (Lipinski definition) is 5. The van der Waals surface area contributed by atoms with Crippen LogP contribution in [0.1, 0.15) is 44.0 Å². The molecule has 0 aliphatic rings. The predicted octanol–water partition coefficient (Wildman–Crippen LogP) is 3.09. The number of pyridine rings is 1. The van der Waals surface area contributed by atoms with Crippen LogP contribution in [0.15, 0.2) is 47.1 Å². The van der Waals surface area contributed by atoms with E-state index >= 15 is 0 Å². The molecule has 0 fully saturated rings. The number of nitrogens with zero attached hydrogens (tertiary/aromatic N) is 2. The summed E-state index contributed by atoms with van der Waals surface area (Å²) in [5.41, 5.74) is 5.09. The molecule has 0 saturated carbocycles. The molecule has 186 valence electrons. The molecule has 0 unspecified atom stereocenters. The van der Waals surface area contributed by atoms with Crippen LogP contribution in [0.3, 0.4) is 0 Å². The highest BCUT2D eigenvalue weighted by Gasteiger charge is 2.15. The van der Waals surface area contributed by atoms with Gasteiger partial charge < -0.3 is 13.9 Å². The van der Waals surface area contributed by atoms with E-state index < -0.39 is 10.1 Å². The molecule has 1 N–H and O–H groups in total. The third-order valence-electron chi connectivity index (χ3n) is 6.01. The highest BCUT2D eigenvalue weighted by Crippen LogP contribution is 2.30. The zero-order valence-electron chi connectivity index (χ0n) is 21.2. The molecule has 2 heterocycles. The fourth-order valence-electron chi connectivity index (χ4n) is 3.59. The highest BCUT2D eigenvalue weighted by atomic mass is 32.2. The summed E-state index contributed by atoms with van der Waals surface area (Å²) in [5, 5.41) is 0. The summed E-state index contributed by atoms with van der Waals surface area (Å²) >= 11 is 0. The van der Waals surface area contributed by atoms with Crippen LogP contribution < -0.4 is 9.47 Å². The van der Waals surface area contributed by atoms with Gasteiger partial charge in [-0.2, -0.15) is 0 Å². The Bertz CT molecular complexity index is 1150. The minimum atomic E-state index is -4.17. The molecule has 3 aromatic rings. The molecule has 7 nitrogen and oxygen atoms in total. The first-order valence-electron chi connectivity index (χ1n) is 11.9. The van der Waals surface area contributed by atoms with Crippen LogP contribution in [0.25, 0.3) is 22.8 Å². The Hall–Kier alpha value is -2.55. The fraction of sp³-hybridized carbons (Fsp3) is 0.462. The Labute approximate surface area is 204 Å². The molecule has 0 amide bonds. The topological polar surface area (TPSA) is 91.5 Å². The Morgan fingerprint density at radius 2 is 1.56 bits per heavy atom. The van der Waals surface area contributed by atoms with Gasteiger partial charge in [0, 0.05) is 35.4 Å². The molecule has 8 heteroatoms. The molecule has 0 saturated heterocycles.